The quantitative estimate of drug-likeness (QED) is 0.114. The predicted molar refractivity (Wildman–Crippen MR) is 196 cm³/mol. The van der Waals surface area contributed by atoms with Crippen LogP contribution in [0.2, 0.25) is 0 Å². The van der Waals surface area contributed by atoms with Crippen LogP contribution in [-0.4, -0.2) is 12.1 Å². The standard InChI is InChI=1S/C44H76O2/c1-10-11-12-13-14-15-16-17-18-19-20-21-38(45)46-37-25-26-42(7)35(40(37,4)5)24-27-44(9)36(42)23-22-33-34-32-39(2,3)28-29-41(34,6)30-31-43(33,44)8/h22,34-37H,10-21,23-32H2,1-9H3/t34-,35+,36-,37-,41+,42-,43+,44+/m0/s1. The fourth-order valence-corrected chi connectivity index (χ4v) is 12.9. The van der Waals surface area contributed by atoms with E-state index in [0.29, 0.717) is 39.4 Å². The van der Waals surface area contributed by atoms with E-state index in [1.807, 2.05) is 5.57 Å². The molecule has 5 aliphatic rings. The molecule has 4 saturated carbocycles. The van der Waals surface area contributed by atoms with Crippen molar-refractivity contribution in [1.29, 1.82) is 0 Å². The monoisotopic (exact) mass is 637 g/mol. The molecule has 0 aromatic carbocycles. The SMILES string of the molecule is CCCCCCCCCCCCCC(=O)O[C@H]1CC[C@@]2(C)[C@H](CC[C@]3(C)[C@H]2CC=C2[C@@H]4CC(C)(C)CC[C@]4(C)CC[C@]23C)C1(C)C. The van der Waals surface area contributed by atoms with Gasteiger partial charge in [0.15, 0.2) is 0 Å². The molecule has 5 rings (SSSR count). The van der Waals surface area contributed by atoms with Crippen LogP contribution in [0, 0.1) is 50.2 Å². The van der Waals surface area contributed by atoms with E-state index in [1.54, 1.807) is 0 Å². The van der Waals surface area contributed by atoms with E-state index >= 15 is 0 Å². The van der Waals surface area contributed by atoms with Crippen LogP contribution < -0.4 is 0 Å². The minimum absolute atomic E-state index is 0.0323. The highest BCUT2D eigenvalue weighted by Gasteiger charge is 2.68. The van der Waals surface area contributed by atoms with Gasteiger partial charge in [-0.05, 0) is 115 Å². The van der Waals surface area contributed by atoms with E-state index in [-0.39, 0.29) is 17.5 Å². The Kier molecular flexibility index (Phi) is 11.0. The van der Waals surface area contributed by atoms with Crippen molar-refractivity contribution in [3.8, 4) is 0 Å². The Bertz CT molecular complexity index is 1080. The van der Waals surface area contributed by atoms with E-state index < -0.39 is 0 Å². The molecule has 0 spiro atoms. The van der Waals surface area contributed by atoms with Gasteiger partial charge in [0, 0.05) is 11.8 Å². The molecule has 2 heteroatoms. The first-order valence-corrected chi connectivity index (χ1v) is 20.5. The Labute approximate surface area is 286 Å². The number of esters is 1. The molecule has 0 unspecified atom stereocenters. The van der Waals surface area contributed by atoms with Crippen molar-refractivity contribution in [2.24, 2.45) is 50.2 Å². The fraction of sp³-hybridized carbons (Fsp3) is 0.932. The number of carbonyl (C=O) groups excluding carboxylic acids is 1. The van der Waals surface area contributed by atoms with Crippen molar-refractivity contribution in [2.45, 2.75) is 210 Å². The van der Waals surface area contributed by atoms with Crippen LogP contribution in [0.1, 0.15) is 204 Å². The third-order valence-electron chi connectivity index (χ3n) is 16.3. The number of rotatable bonds is 13. The number of hydrogen-bond acceptors (Lipinski definition) is 2. The van der Waals surface area contributed by atoms with Gasteiger partial charge >= 0.3 is 5.97 Å². The van der Waals surface area contributed by atoms with Crippen molar-refractivity contribution in [3.05, 3.63) is 11.6 Å². The molecule has 0 N–H and O–H groups in total. The normalized spacial score (nSPS) is 40.9. The molecule has 2 nitrogen and oxygen atoms in total. The number of carbonyl (C=O) groups is 1. The summed E-state index contributed by atoms with van der Waals surface area (Å²) in [6.07, 6.45) is 31.1. The highest BCUT2D eigenvalue weighted by molar-refractivity contribution is 5.69. The van der Waals surface area contributed by atoms with Gasteiger partial charge in [0.1, 0.15) is 6.10 Å². The maximum atomic E-state index is 13.1. The summed E-state index contributed by atoms with van der Waals surface area (Å²) in [6, 6.07) is 0. The lowest BCUT2D eigenvalue weighted by molar-refractivity contribution is -0.212. The maximum Gasteiger partial charge on any atom is 0.306 e. The average molecular weight is 637 g/mol. The van der Waals surface area contributed by atoms with Gasteiger partial charge < -0.3 is 4.74 Å². The van der Waals surface area contributed by atoms with Crippen molar-refractivity contribution in [3.63, 3.8) is 0 Å². The highest BCUT2D eigenvalue weighted by Crippen LogP contribution is 2.75. The van der Waals surface area contributed by atoms with Crippen LogP contribution in [0.25, 0.3) is 0 Å². The summed E-state index contributed by atoms with van der Waals surface area (Å²) in [5, 5.41) is 0. The molecule has 0 bridgehead atoms. The smallest absolute Gasteiger partial charge is 0.306 e. The van der Waals surface area contributed by atoms with Crippen LogP contribution in [0.5, 0.6) is 0 Å². The lowest BCUT2D eigenvalue weighted by Gasteiger charge is -2.71. The molecule has 0 radical (unpaired) electrons. The minimum Gasteiger partial charge on any atom is -0.462 e. The highest BCUT2D eigenvalue weighted by atomic mass is 16.5. The van der Waals surface area contributed by atoms with E-state index in [4.69, 9.17) is 4.74 Å². The van der Waals surface area contributed by atoms with Gasteiger partial charge in [0.25, 0.3) is 0 Å². The van der Waals surface area contributed by atoms with Crippen molar-refractivity contribution < 1.29 is 9.53 Å². The molecule has 8 atom stereocenters. The van der Waals surface area contributed by atoms with Crippen molar-refractivity contribution in [2.75, 3.05) is 0 Å². The fourth-order valence-electron chi connectivity index (χ4n) is 12.9. The predicted octanol–water partition coefficient (Wildman–Crippen LogP) is 13.4. The van der Waals surface area contributed by atoms with E-state index in [9.17, 15) is 4.79 Å². The number of ether oxygens (including phenoxy) is 1. The first-order valence-electron chi connectivity index (χ1n) is 20.5. The zero-order chi connectivity index (χ0) is 33.4. The van der Waals surface area contributed by atoms with Gasteiger partial charge in [0.05, 0.1) is 0 Å². The molecule has 0 heterocycles. The van der Waals surface area contributed by atoms with Crippen molar-refractivity contribution >= 4 is 5.97 Å². The van der Waals surface area contributed by atoms with Gasteiger partial charge in [0.2, 0.25) is 0 Å². The molecular formula is C44H76O2. The summed E-state index contributed by atoms with van der Waals surface area (Å²) >= 11 is 0. The molecule has 0 aromatic heterocycles. The average Bonchev–Trinajstić information content (AvgIpc) is 2.98. The molecule has 0 aliphatic heterocycles. The molecule has 0 saturated heterocycles. The summed E-state index contributed by atoms with van der Waals surface area (Å²) in [4.78, 5) is 13.1. The Morgan fingerprint density at radius 2 is 1.33 bits per heavy atom. The van der Waals surface area contributed by atoms with Gasteiger partial charge in [-0.25, -0.2) is 0 Å². The molecule has 264 valence electrons. The van der Waals surface area contributed by atoms with Crippen LogP contribution in [0.4, 0.5) is 0 Å². The van der Waals surface area contributed by atoms with Crippen LogP contribution in [-0.2, 0) is 9.53 Å². The van der Waals surface area contributed by atoms with Crippen LogP contribution in [0.3, 0.4) is 0 Å². The minimum atomic E-state index is 0.0323. The van der Waals surface area contributed by atoms with E-state index in [1.165, 1.54) is 122 Å². The molecule has 0 amide bonds. The second-order valence-electron chi connectivity index (χ2n) is 20.0. The summed E-state index contributed by atoms with van der Waals surface area (Å²) in [5.74, 6) is 2.18. The second-order valence-corrected chi connectivity index (χ2v) is 20.0. The zero-order valence-corrected chi connectivity index (χ0v) is 32.3. The third-order valence-corrected chi connectivity index (χ3v) is 16.3. The Balaban J connectivity index is 1.17. The Morgan fingerprint density at radius 3 is 1.98 bits per heavy atom. The summed E-state index contributed by atoms with van der Waals surface area (Å²) in [5.41, 5.74) is 3.88. The van der Waals surface area contributed by atoms with Gasteiger partial charge in [-0.2, -0.15) is 0 Å². The topological polar surface area (TPSA) is 26.3 Å². The van der Waals surface area contributed by atoms with Crippen molar-refractivity contribution in [1.82, 2.24) is 0 Å². The van der Waals surface area contributed by atoms with Gasteiger partial charge in [-0.3, -0.25) is 4.79 Å². The number of unbranched alkanes of at least 4 members (excludes halogenated alkanes) is 10. The lowest BCUT2D eigenvalue weighted by Crippen LogP contribution is -2.64. The zero-order valence-electron chi connectivity index (χ0n) is 32.3. The summed E-state index contributed by atoms with van der Waals surface area (Å²) in [7, 11) is 0. The first kappa shape index (κ1) is 36.5. The van der Waals surface area contributed by atoms with Gasteiger partial charge in [-0.15, -0.1) is 0 Å². The Morgan fingerprint density at radius 1 is 0.717 bits per heavy atom. The first-order chi connectivity index (χ1) is 21.6. The molecule has 46 heavy (non-hydrogen) atoms. The largest absolute Gasteiger partial charge is 0.462 e. The number of hydrogen-bond donors (Lipinski definition) is 0. The molecule has 5 aliphatic carbocycles. The molecule has 4 fully saturated rings. The maximum absolute atomic E-state index is 13.1. The summed E-state index contributed by atoms with van der Waals surface area (Å²) in [6.45, 7) is 23.0. The van der Waals surface area contributed by atoms with Crippen LogP contribution >= 0.6 is 0 Å². The number of allylic oxidation sites excluding steroid dienone is 2. The van der Waals surface area contributed by atoms with Gasteiger partial charge in [-0.1, -0.05) is 138 Å². The summed E-state index contributed by atoms with van der Waals surface area (Å²) < 4.78 is 6.40. The molecule has 0 aromatic rings. The lowest BCUT2D eigenvalue weighted by atomic mass is 9.33. The second kappa shape index (κ2) is 13.8. The number of fused-ring (bicyclic) bond motifs is 7. The molecular weight excluding hydrogens is 560 g/mol. The van der Waals surface area contributed by atoms with Crippen LogP contribution in [0.15, 0.2) is 11.6 Å². The van der Waals surface area contributed by atoms with E-state index in [2.05, 4.69) is 68.4 Å². The third kappa shape index (κ3) is 6.70. The Hall–Kier alpha value is -0.790. The van der Waals surface area contributed by atoms with E-state index in [0.717, 1.165) is 24.7 Å².